The van der Waals surface area contributed by atoms with Gasteiger partial charge < -0.3 is 19.4 Å². The summed E-state index contributed by atoms with van der Waals surface area (Å²) in [4.78, 5) is 39.4. The first-order chi connectivity index (χ1) is 12.4. The Kier molecular flexibility index (Phi) is 5.13. The van der Waals surface area contributed by atoms with Gasteiger partial charge in [0.1, 0.15) is 10.8 Å². The van der Waals surface area contributed by atoms with Crippen molar-refractivity contribution in [3.63, 3.8) is 0 Å². The number of rotatable bonds is 5. The molecule has 0 spiro atoms. The van der Waals surface area contributed by atoms with E-state index in [0.717, 1.165) is 10.4 Å². The van der Waals surface area contributed by atoms with E-state index in [4.69, 9.17) is 9.15 Å². The van der Waals surface area contributed by atoms with Crippen LogP contribution in [-0.4, -0.2) is 36.3 Å². The molecule has 3 heterocycles. The average Bonchev–Trinajstić information content (AvgIpc) is 3.30. The van der Waals surface area contributed by atoms with Gasteiger partial charge in [-0.3, -0.25) is 9.59 Å². The highest BCUT2D eigenvalue weighted by Gasteiger charge is 2.35. The maximum atomic E-state index is 12.6. The fraction of sp³-hybridized carbons (Fsp3) is 0.389. The maximum absolute atomic E-state index is 12.6. The van der Waals surface area contributed by atoms with Crippen molar-refractivity contribution >= 4 is 34.1 Å². The smallest absolute Gasteiger partial charge is 0.341 e. The van der Waals surface area contributed by atoms with E-state index in [1.807, 2.05) is 13.8 Å². The maximum Gasteiger partial charge on any atom is 0.341 e. The van der Waals surface area contributed by atoms with Crippen molar-refractivity contribution in [1.29, 1.82) is 0 Å². The van der Waals surface area contributed by atoms with E-state index in [0.29, 0.717) is 29.4 Å². The molecule has 0 bridgehead atoms. The van der Waals surface area contributed by atoms with Gasteiger partial charge in [0, 0.05) is 17.8 Å². The molecule has 1 fully saturated rings. The number of carbonyl (C=O) groups is 3. The van der Waals surface area contributed by atoms with Crippen LogP contribution in [0, 0.1) is 19.8 Å². The fourth-order valence-electron chi connectivity index (χ4n) is 2.97. The van der Waals surface area contributed by atoms with Gasteiger partial charge in [-0.05, 0) is 31.5 Å². The summed E-state index contributed by atoms with van der Waals surface area (Å²) in [6, 6.07) is 3.55. The largest absolute Gasteiger partial charge is 0.467 e. The van der Waals surface area contributed by atoms with Crippen LogP contribution in [-0.2, 0) is 20.9 Å². The topological polar surface area (TPSA) is 88.8 Å². The number of nitrogens with one attached hydrogen (secondary N) is 1. The lowest BCUT2D eigenvalue weighted by Crippen LogP contribution is -2.28. The number of anilines is 1. The zero-order valence-corrected chi connectivity index (χ0v) is 15.6. The monoisotopic (exact) mass is 376 g/mol. The molecule has 2 amide bonds. The van der Waals surface area contributed by atoms with Crippen LogP contribution in [0.1, 0.15) is 33.0 Å². The Hall–Kier alpha value is -2.61. The van der Waals surface area contributed by atoms with Crippen LogP contribution in [0.5, 0.6) is 0 Å². The molecule has 3 rings (SSSR count). The van der Waals surface area contributed by atoms with E-state index in [1.54, 1.807) is 23.3 Å². The van der Waals surface area contributed by atoms with Crippen LogP contribution in [0.2, 0.25) is 0 Å². The van der Waals surface area contributed by atoms with Gasteiger partial charge in [0.25, 0.3) is 0 Å². The molecule has 26 heavy (non-hydrogen) atoms. The molecule has 1 aliphatic rings. The SMILES string of the molecule is COC(=O)c1c(NC(=O)C2CC(=O)N(Cc3ccco3)C2)sc(C)c1C. The van der Waals surface area contributed by atoms with Crippen LogP contribution in [0.15, 0.2) is 22.8 Å². The summed E-state index contributed by atoms with van der Waals surface area (Å²) in [6.45, 7) is 4.37. The van der Waals surface area contributed by atoms with E-state index in [1.165, 1.54) is 18.4 Å². The zero-order chi connectivity index (χ0) is 18.8. The predicted molar refractivity (Wildman–Crippen MR) is 96.0 cm³/mol. The molecule has 0 saturated carbocycles. The van der Waals surface area contributed by atoms with Crippen molar-refractivity contribution in [3.8, 4) is 0 Å². The number of nitrogens with zero attached hydrogens (tertiary/aromatic N) is 1. The predicted octanol–water partition coefficient (Wildman–Crippen LogP) is 2.73. The Morgan fingerprint density at radius 1 is 1.42 bits per heavy atom. The Morgan fingerprint density at radius 3 is 2.85 bits per heavy atom. The summed E-state index contributed by atoms with van der Waals surface area (Å²) >= 11 is 1.33. The number of ether oxygens (including phenoxy) is 1. The van der Waals surface area contributed by atoms with Crippen LogP contribution >= 0.6 is 11.3 Å². The molecule has 0 aliphatic carbocycles. The summed E-state index contributed by atoms with van der Waals surface area (Å²) in [5.41, 5.74) is 1.17. The van der Waals surface area contributed by atoms with Gasteiger partial charge in [0.15, 0.2) is 0 Å². The Bertz CT molecular complexity index is 840. The van der Waals surface area contributed by atoms with Crippen LogP contribution < -0.4 is 5.32 Å². The molecular weight excluding hydrogens is 356 g/mol. The van der Waals surface area contributed by atoms with Gasteiger partial charge in [0.2, 0.25) is 11.8 Å². The summed E-state index contributed by atoms with van der Waals surface area (Å²) in [6.07, 6.45) is 1.69. The molecule has 8 heteroatoms. The van der Waals surface area contributed by atoms with Crippen molar-refractivity contribution in [1.82, 2.24) is 4.90 Å². The third-order valence-corrected chi connectivity index (χ3v) is 5.65. The number of amides is 2. The molecule has 1 atom stereocenters. The van der Waals surface area contributed by atoms with Crippen molar-refractivity contribution < 1.29 is 23.5 Å². The number of hydrogen-bond acceptors (Lipinski definition) is 6. The van der Waals surface area contributed by atoms with Crippen LogP contribution in [0.4, 0.5) is 5.00 Å². The Balaban J connectivity index is 1.70. The van der Waals surface area contributed by atoms with Crippen LogP contribution in [0.3, 0.4) is 0 Å². The van der Waals surface area contributed by atoms with Crippen molar-refractivity contribution in [3.05, 3.63) is 40.2 Å². The normalized spacial score (nSPS) is 16.8. The number of hydrogen-bond donors (Lipinski definition) is 1. The number of carbonyl (C=O) groups excluding carboxylic acids is 3. The fourth-order valence-corrected chi connectivity index (χ4v) is 4.02. The zero-order valence-electron chi connectivity index (χ0n) is 14.8. The third kappa shape index (κ3) is 3.50. The average molecular weight is 376 g/mol. The number of aryl methyl sites for hydroxylation is 1. The molecular formula is C18H20N2O5S. The number of methoxy groups -OCH3 is 1. The van der Waals surface area contributed by atoms with E-state index in [2.05, 4.69) is 5.32 Å². The van der Waals surface area contributed by atoms with Gasteiger partial charge in [-0.1, -0.05) is 0 Å². The van der Waals surface area contributed by atoms with E-state index in [-0.39, 0.29) is 18.2 Å². The molecule has 1 N–H and O–H groups in total. The van der Waals surface area contributed by atoms with Crippen LogP contribution in [0.25, 0.3) is 0 Å². The highest BCUT2D eigenvalue weighted by Crippen LogP contribution is 2.34. The first-order valence-corrected chi connectivity index (χ1v) is 9.01. The quantitative estimate of drug-likeness (QED) is 0.811. The number of thiophene rings is 1. The minimum absolute atomic E-state index is 0.0896. The number of likely N-dealkylation sites (tertiary alicyclic amines) is 1. The Labute approximate surface area is 154 Å². The third-order valence-electron chi connectivity index (χ3n) is 4.52. The van der Waals surface area contributed by atoms with Crippen molar-refractivity contribution in [2.24, 2.45) is 5.92 Å². The van der Waals surface area contributed by atoms with Crippen molar-refractivity contribution in [2.45, 2.75) is 26.8 Å². The molecule has 0 radical (unpaired) electrons. The second-order valence-corrected chi connectivity index (χ2v) is 7.45. The highest BCUT2D eigenvalue weighted by atomic mass is 32.1. The molecule has 1 saturated heterocycles. The van der Waals surface area contributed by atoms with Crippen molar-refractivity contribution in [2.75, 3.05) is 19.0 Å². The minimum atomic E-state index is -0.482. The lowest BCUT2D eigenvalue weighted by Gasteiger charge is -2.15. The summed E-state index contributed by atoms with van der Waals surface area (Å²) in [5.74, 6) is -0.633. The molecule has 2 aromatic heterocycles. The highest BCUT2D eigenvalue weighted by molar-refractivity contribution is 7.16. The lowest BCUT2D eigenvalue weighted by atomic mass is 10.1. The number of furan rings is 1. The summed E-state index contributed by atoms with van der Waals surface area (Å²) in [5, 5.41) is 3.27. The number of esters is 1. The summed E-state index contributed by atoms with van der Waals surface area (Å²) in [7, 11) is 1.31. The Morgan fingerprint density at radius 2 is 2.19 bits per heavy atom. The summed E-state index contributed by atoms with van der Waals surface area (Å²) < 4.78 is 10.1. The van der Waals surface area contributed by atoms with Gasteiger partial charge in [-0.15, -0.1) is 11.3 Å². The van der Waals surface area contributed by atoms with Gasteiger partial charge >= 0.3 is 5.97 Å². The lowest BCUT2D eigenvalue weighted by molar-refractivity contribution is -0.128. The van der Waals surface area contributed by atoms with E-state index in [9.17, 15) is 14.4 Å². The molecule has 1 aliphatic heterocycles. The molecule has 2 aromatic rings. The molecule has 0 aromatic carbocycles. The standard InChI is InChI=1S/C18H20N2O5S/c1-10-11(2)26-17(15(10)18(23)24-3)19-16(22)12-7-14(21)20(8-12)9-13-5-4-6-25-13/h4-6,12H,7-9H2,1-3H3,(H,19,22). The van der Waals surface area contributed by atoms with Gasteiger partial charge in [-0.2, -0.15) is 0 Å². The first-order valence-electron chi connectivity index (χ1n) is 8.20. The second-order valence-electron chi connectivity index (χ2n) is 6.22. The molecule has 138 valence electrons. The van der Waals surface area contributed by atoms with E-state index >= 15 is 0 Å². The van der Waals surface area contributed by atoms with E-state index < -0.39 is 11.9 Å². The molecule has 1 unspecified atom stereocenters. The van der Waals surface area contributed by atoms with Gasteiger partial charge in [-0.25, -0.2) is 4.79 Å². The molecule has 7 nitrogen and oxygen atoms in total. The minimum Gasteiger partial charge on any atom is -0.467 e. The second kappa shape index (κ2) is 7.33. The first kappa shape index (κ1) is 18.2. The van der Waals surface area contributed by atoms with Gasteiger partial charge in [0.05, 0.1) is 31.4 Å².